The fraction of sp³-hybridized carbons (Fsp3) is 0.333. The van der Waals surface area contributed by atoms with Gasteiger partial charge in [0.15, 0.2) is 0 Å². The molecule has 6 nitrogen and oxygen atoms in total. The molecule has 0 aliphatic carbocycles. The van der Waals surface area contributed by atoms with Crippen LogP contribution in [0, 0.1) is 13.8 Å². The summed E-state index contributed by atoms with van der Waals surface area (Å²) in [4.78, 5) is 10.5. The van der Waals surface area contributed by atoms with E-state index in [0.717, 1.165) is 11.1 Å². The molecule has 0 aliphatic rings. The molecular formula is C15H20N4O2S. The third-order valence-corrected chi connectivity index (χ3v) is 4.73. The van der Waals surface area contributed by atoms with Crippen molar-refractivity contribution in [2.75, 3.05) is 19.0 Å². The second-order valence-electron chi connectivity index (χ2n) is 5.34. The molecule has 2 rings (SSSR count). The minimum Gasteiger partial charge on any atom is -0.347 e. The van der Waals surface area contributed by atoms with E-state index in [9.17, 15) is 8.42 Å². The first-order valence-corrected chi connectivity index (χ1v) is 8.34. The summed E-state index contributed by atoms with van der Waals surface area (Å²) < 4.78 is 27.4. The maximum atomic E-state index is 12.4. The zero-order chi connectivity index (χ0) is 16.3. The zero-order valence-electron chi connectivity index (χ0n) is 13.2. The van der Waals surface area contributed by atoms with Crippen molar-refractivity contribution in [2.24, 2.45) is 0 Å². The number of nitrogens with zero attached hydrogens (tertiary/aromatic N) is 3. The summed E-state index contributed by atoms with van der Waals surface area (Å²) in [5, 5.41) is 0. The second-order valence-corrected chi connectivity index (χ2v) is 7.07. The van der Waals surface area contributed by atoms with E-state index in [2.05, 4.69) is 14.7 Å². The molecule has 0 saturated heterocycles. The quantitative estimate of drug-likeness (QED) is 0.906. The molecule has 0 bridgehead atoms. The lowest BCUT2D eigenvalue weighted by Gasteiger charge is -2.12. The smallest absolute Gasteiger partial charge is 0.241 e. The molecule has 1 N–H and O–H groups in total. The van der Waals surface area contributed by atoms with E-state index in [0.29, 0.717) is 16.5 Å². The van der Waals surface area contributed by atoms with Gasteiger partial charge in [0.05, 0.1) is 17.1 Å². The molecule has 0 fully saturated rings. The lowest BCUT2D eigenvalue weighted by Crippen LogP contribution is -2.25. The van der Waals surface area contributed by atoms with Gasteiger partial charge in [-0.1, -0.05) is 17.7 Å². The van der Waals surface area contributed by atoms with Crippen molar-refractivity contribution < 1.29 is 8.42 Å². The molecule has 0 unspecified atom stereocenters. The molecular weight excluding hydrogens is 300 g/mol. The Bertz CT molecular complexity index is 773. The van der Waals surface area contributed by atoms with Gasteiger partial charge in [0.1, 0.15) is 0 Å². The number of anilines is 1. The highest BCUT2D eigenvalue weighted by Crippen LogP contribution is 2.16. The number of nitrogens with one attached hydrogen (secondary N) is 1. The molecule has 0 aliphatic heterocycles. The molecule has 1 aromatic carbocycles. The predicted octanol–water partition coefficient (Wildman–Crippen LogP) is 1.64. The first kappa shape index (κ1) is 16.4. The first-order chi connectivity index (χ1) is 10.3. The number of benzene rings is 1. The second kappa shape index (κ2) is 6.41. The van der Waals surface area contributed by atoms with Crippen LogP contribution in [0.2, 0.25) is 0 Å². The van der Waals surface area contributed by atoms with Crippen molar-refractivity contribution in [1.29, 1.82) is 0 Å². The van der Waals surface area contributed by atoms with Crippen LogP contribution < -0.4 is 9.62 Å². The zero-order valence-corrected chi connectivity index (χ0v) is 14.0. The summed E-state index contributed by atoms with van der Waals surface area (Å²) in [6, 6.07) is 6.95. The van der Waals surface area contributed by atoms with Crippen LogP contribution in [-0.2, 0) is 16.6 Å². The van der Waals surface area contributed by atoms with Gasteiger partial charge in [0.2, 0.25) is 16.0 Å². The van der Waals surface area contributed by atoms with Gasteiger partial charge in [-0.15, -0.1) is 0 Å². The van der Waals surface area contributed by atoms with Gasteiger partial charge >= 0.3 is 0 Å². The normalized spacial score (nSPS) is 11.5. The topological polar surface area (TPSA) is 75.2 Å². The molecule has 0 radical (unpaired) electrons. The van der Waals surface area contributed by atoms with Gasteiger partial charge in [0.25, 0.3) is 0 Å². The Balaban J connectivity index is 2.18. The van der Waals surface area contributed by atoms with Crippen LogP contribution in [0.1, 0.15) is 16.8 Å². The molecule has 0 amide bonds. The van der Waals surface area contributed by atoms with Gasteiger partial charge < -0.3 is 4.90 Å². The van der Waals surface area contributed by atoms with Gasteiger partial charge in [-0.05, 0) is 31.5 Å². The molecule has 0 saturated carbocycles. The van der Waals surface area contributed by atoms with Crippen molar-refractivity contribution in [3.63, 3.8) is 0 Å². The standard InChI is InChI=1S/C15H20N4O2S/c1-11-5-6-14(12(2)9-11)22(20,21)17-10-13-7-8-16-15(18-13)19(3)4/h5-9,17H,10H2,1-4H3. The Labute approximate surface area is 131 Å². The van der Waals surface area contributed by atoms with Crippen LogP contribution in [-0.4, -0.2) is 32.5 Å². The summed E-state index contributed by atoms with van der Waals surface area (Å²) in [6.07, 6.45) is 1.61. The van der Waals surface area contributed by atoms with Crippen LogP contribution in [0.15, 0.2) is 35.4 Å². The molecule has 7 heteroatoms. The first-order valence-electron chi connectivity index (χ1n) is 6.86. The van der Waals surface area contributed by atoms with Crippen molar-refractivity contribution >= 4 is 16.0 Å². The maximum absolute atomic E-state index is 12.4. The lowest BCUT2D eigenvalue weighted by atomic mass is 10.2. The highest BCUT2D eigenvalue weighted by Gasteiger charge is 2.16. The molecule has 1 aromatic heterocycles. The van der Waals surface area contributed by atoms with Crippen molar-refractivity contribution in [3.8, 4) is 0 Å². The third kappa shape index (κ3) is 3.80. The van der Waals surface area contributed by atoms with Crippen molar-refractivity contribution in [2.45, 2.75) is 25.3 Å². The van der Waals surface area contributed by atoms with Crippen molar-refractivity contribution in [1.82, 2.24) is 14.7 Å². The van der Waals surface area contributed by atoms with E-state index in [1.54, 1.807) is 36.2 Å². The Kier molecular flexibility index (Phi) is 4.77. The van der Waals surface area contributed by atoms with E-state index < -0.39 is 10.0 Å². The minimum absolute atomic E-state index is 0.124. The van der Waals surface area contributed by atoms with Crippen LogP contribution in [0.3, 0.4) is 0 Å². The van der Waals surface area contributed by atoms with E-state index in [1.807, 2.05) is 27.1 Å². The Morgan fingerprint density at radius 1 is 1.18 bits per heavy atom. The fourth-order valence-electron chi connectivity index (χ4n) is 2.05. The van der Waals surface area contributed by atoms with Crippen LogP contribution in [0.5, 0.6) is 0 Å². The van der Waals surface area contributed by atoms with Crippen molar-refractivity contribution in [3.05, 3.63) is 47.3 Å². The number of hydrogen-bond donors (Lipinski definition) is 1. The van der Waals surface area contributed by atoms with Gasteiger partial charge in [-0.3, -0.25) is 0 Å². The highest BCUT2D eigenvalue weighted by atomic mass is 32.2. The average molecular weight is 320 g/mol. The van der Waals surface area contributed by atoms with E-state index in [-0.39, 0.29) is 6.54 Å². The molecule has 2 aromatic rings. The fourth-order valence-corrected chi connectivity index (χ4v) is 3.27. The number of rotatable bonds is 5. The van der Waals surface area contributed by atoms with E-state index in [1.165, 1.54) is 0 Å². The minimum atomic E-state index is -3.56. The molecule has 0 spiro atoms. The van der Waals surface area contributed by atoms with Gasteiger partial charge in [-0.25, -0.2) is 23.1 Å². The summed E-state index contributed by atoms with van der Waals surface area (Å²) in [5.41, 5.74) is 2.37. The summed E-state index contributed by atoms with van der Waals surface area (Å²) in [6.45, 7) is 3.84. The molecule has 0 atom stereocenters. The summed E-state index contributed by atoms with van der Waals surface area (Å²) in [7, 11) is 0.102. The molecule has 118 valence electrons. The summed E-state index contributed by atoms with van der Waals surface area (Å²) >= 11 is 0. The van der Waals surface area contributed by atoms with E-state index >= 15 is 0 Å². The monoisotopic (exact) mass is 320 g/mol. The Hall–Kier alpha value is -1.99. The summed E-state index contributed by atoms with van der Waals surface area (Å²) in [5.74, 6) is 0.545. The third-order valence-electron chi connectivity index (χ3n) is 3.16. The van der Waals surface area contributed by atoms with Crippen LogP contribution in [0.25, 0.3) is 0 Å². The number of hydrogen-bond acceptors (Lipinski definition) is 5. The highest BCUT2D eigenvalue weighted by molar-refractivity contribution is 7.89. The molecule has 22 heavy (non-hydrogen) atoms. The van der Waals surface area contributed by atoms with Crippen LogP contribution >= 0.6 is 0 Å². The predicted molar refractivity (Wildman–Crippen MR) is 86.3 cm³/mol. The number of aryl methyl sites for hydroxylation is 2. The van der Waals surface area contributed by atoms with E-state index in [4.69, 9.17) is 0 Å². The molecule has 1 heterocycles. The SMILES string of the molecule is Cc1ccc(S(=O)(=O)NCc2ccnc(N(C)C)n2)c(C)c1. The Morgan fingerprint density at radius 2 is 1.91 bits per heavy atom. The Morgan fingerprint density at radius 3 is 2.55 bits per heavy atom. The van der Waals surface area contributed by atoms with Gasteiger partial charge in [-0.2, -0.15) is 0 Å². The average Bonchev–Trinajstić information content (AvgIpc) is 2.45. The lowest BCUT2D eigenvalue weighted by molar-refractivity contribution is 0.579. The van der Waals surface area contributed by atoms with Crippen LogP contribution in [0.4, 0.5) is 5.95 Å². The largest absolute Gasteiger partial charge is 0.347 e. The van der Waals surface area contributed by atoms with Gasteiger partial charge in [0, 0.05) is 20.3 Å². The number of sulfonamides is 1. The maximum Gasteiger partial charge on any atom is 0.241 e. The number of aromatic nitrogens is 2.